The lowest BCUT2D eigenvalue weighted by Gasteiger charge is -2.47. The quantitative estimate of drug-likeness (QED) is 0.585. The molecule has 0 aliphatic heterocycles. The van der Waals surface area contributed by atoms with Crippen molar-refractivity contribution in [2.45, 2.75) is 54.1 Å². The van der Waals surface area contributed by atoms with Gasteiger partial charge in [-0.25, -0.2) is 0 Å². The van der Waals surface area contributed by atoms with Crippen molar-refractivity contribution in [1.29, 1.82) is 0 Å². The third-order valence-corrected chi connectivity index (χ3v) is 2.92. The predicted molar refractivity (Wildman–Crippen MR) is 60.6 cm³/mol. The van der Waals surface area contributed by atoms with Crippen LogP contribution in [0.3, 0.4) is 0 Å². The van der Waals surface area contributed by atoms with E-state index in [1.165, 1.54) is 0 Å². The normalized spacial score (nSPS) is 14.0. The van der Waals surface area contributed by atoms with Crippen LogP contribution in [0.1, 0.15) is 48.5 Å². The van der Waals surface area contributed by atoms with Crippen molar-refractivity contribution in [3.8, 4) is 0 Å². The molecule has 0 aromatic carbocycles. The van der Waals surface area contributed by atoms with Crippen LogP contribution < -0.4 is 0 Å². The molecule has 2 heteroatoms. The zero-order valence-electron chi connectivity index (χ0n) is 9.65. The summed E-state index contributed by atoms with van der Waals surface area (Å²) in [5, 5.41) is 10.2. The van der Waals surface area contributed by atoms with Gasteiger partial charge in [-0.05, 0) is 17.8 Å². The summed E-state index contributed by atoms with van der Waals surface area (Å²) >= 11 is 0. The zero-order chi connectivity index (χ0) is 9.50. The van der Waals surface area contributed by atoms with E-state index in [4.69, 9.17) is 0 Å². The van der Waals surface area contributed by atoms with Gasteiger partial charge in [0, 0.05) is 0 Å². The molecule has 0 fully saturated rings. The van der Waals surface area contributed by atoms with Gasteiger partial charge < -0.3 is 5.11 Å². The average molecular weight is 192 g/mol. The first-order chi connectivity index (χ1) is 4.50. The molecule has 0 aromatic rings. The highest BCUT2D eigenvalue weighted by Crippen LogP contribution is 2.43. The fraction of sp³-hybridized carbons (Fsp3) is 1.00. The standard InChI is InChI=1S/C10H22O.H3P/c1-8(2,3)10(7,11)9(4,5)6;/h11H,1-7H3;1H3. The van der Waals surface area contributed by atoms with Crippen molar-refractivity contribution in [2.24, 2.45) is 10.8 Å². The van der Waals surface area contributed by atoms with Crippen LogP contribution in [0.5, 0.6) is 0 Å². The van der Waals surface area contributed by atoms with E-state index in [2.05, 4.69) is 41.5 Å². The summed E-state index contributed by atoms with van der Waals surface area (Å²) in [4.78, 5) is 0. The third-order valence-electron chi connectivity index (χ3n) is 2.92. The highest BCUT2D eigenvalue weighted by atomic mass is 31.0. The molecule has 0 aliphatic carbocycles. The second kappa shape index (κ2) is 3.64. The number of aliphatic hydroxyl groups is 1. The van der Waals surface area contributed by atoms with Gasteiger partial charge in [0.25, 0.3) is 0 Å². The van der Waals surface area contributed by atoms with E-state index in [1.807, 2.05) is 6.92 Å². The van der Waals surface area contributed by atoms with Gasteiger partial charge in [-0.3, -0.25) is 0 Å². The SMILES string of the molecule is CC(C)(C)C(C)(O)C(C)(C)C.P. The number of hydrogen-bond donors (Lipinski definition) is 1. The maximum absolute atomic E-state index is 10.2. The van der Waals surface area contributed by atoms with E-state index >= 15 is 0 Å². The summed E-state index contributed by atoms with van der Waals surface area (Å²) in [6, 6.07) is 0. The van der Waals surface area contributed by atoms with Crippen molar-refractivity contribution < 1.29 is 5.11 Å². The Morgan fingerprint density at radius 1 is 0.667 bits per heavy atom. The first-order valence-electron chi connectivity index (χ1n) is 4.22. The lowest BCUT2D eigenvalue weighted by molar-refractivity contribution is -0.121. The Morgan fingerprint density at radius 2 is 0.833 bits per heavy atom. The van der Waals surface area contributed by atoms with E-state index in [-0.39, 0.29) is 20.7 Å². The van der Waals surface area contributed by atoms with Gasteiger partial charge in [0.2, 0.25) is 0 Å². The van der Waals surface area contributed by atoms with Crippen LogP contribution in [-0.2, 0) is 0 Å². The van der Waals surface area contributed by atoms with Crippen molar-refractivity contribution in [1.82, 2.24) is 0 Å². The average Bonchev–Trinajstić information content (AvgIpc) is 1.58. The second-order valence-corrected chi connectivity index (χ2v) is 5.57. The summed E-state index contributed by atoms with van der Waals surface area (Å²) in [7, 11) is 0. The van der Waals surface area contributed by atoms with Gasteiger partial charge in [-0.1, -0.05) is 41.5 Å². The highest BCUT2D eigenvalue weighted by Gasteiger charge is 2.44. The smallest absolute Gasteiger partial charge is 0.0715 e. The molecular weight excluding hydrogens is 167 g/mol. The van der Waals surface area contributed by atoms with E-state index in [9.17, 15) is 5.11 Å². The molecule has 76 valence electrons. The Balaban J connectivity index is 0. The third kappa shape index (κ3) is 2.71. The first-order valence-corrected chi connectivity index (χ1v) is 4.22. The molecule has 0 heterocycles. The van der Waals surface area contributed by atoms with E-state index in [0.29, 0.717) is 0 Å². The maximum Gasteiger partial charge on any atom is 0.0715 e. The monoisotopic (exact) mass is 192 g/mol. The van der Waals surface area contributed by atoms with Crippen LogP contribution >= 0.6 is 9.90 Å². The molecule has 0 saturated carbocycles. The van der Waals surface area contributed by atoms with Crippen molar-refractivity contribution >= 4 is 9.90 Å². The highest BCUT2D eigenvalue weighted by molar-refractivity contribution is 6.92. The van der Waals surface area contributed by atoms with Gasteiger partial charge in [0.05, 0.1) is 5.60 Å². The van der Waals surface area contributed by atoms with Gasteiger partial charge in [0.15, 0.2) is 0 Å². The molecule has 1 unspecified atom stereocenters. The van der Waals surface area contributed by atoms with E-state index in [1.54, 1.807) is 0 Å². The molecule has 0 spiro atoms. The topological polar surface area (TPSA) is 20.2 Å². The predicted octanol–water partition coefficient (Wildman–Crippen LogP) is 2.89. The summed E-state index contributed by atoms with van der Waals surface area (Å²) in [5.74, 6) is 0. The van der Waals surface area contributed by atoms with E-state index in [0.717, 1.165) is 0 Å². The van der Waals surface area contributed by atoms with Crippen LogP contribution in [-0.4, -0.2) is 10.7 Å². The number of rotatable bonds is 0. The van der Waals surface area contributed by atoms with Crippen molar-refractivity contribution in [2.75, 3.05) is 0 Å². The van der Waals surface area contributed by atoms with Gasteiger partial charge >= 0.3 is 0 Å². The summed E-state index contributed by atoms with van der Waals surface area (Å²) in [6.07, 6.45) is 0. The second-order valence-electron chi connectivity index (χ2n) is 5.57. The molecule has 0 bridgehead atoms. The Labute approximate surface area is 80.6 Å². The van der Waals surface area contributed by atoms with Gasteiger partial charge in [-0.2, -0.15) is 9.90 Å². The Morgan fingerprint density at radius 3 is 0.833 bits per heavy atom. The molecule has 0 aromatic heterocycles. The van der Waals surface area contributed by atoms with Crippen LogP contribution in [0.15, 0.2) is 0 Å². The lowest BCUT2D eigenvalue weighted by Crippen LogP contribution is -2.50. The summed E-state index contributed by atoms with van der Waals surface area (Å²) in [5.41, 5.74) is -0.753. The molecular formula is C10H25OP. The molecule has 0 saturated heterocycles. The maximum atomic E-state index is 10.2. The first kappa shape index (κ1) is 14.9. The van der Waals surface area contributed by atoms with Crippen LogP contribution in [0.4, 0.5) is 0 Å². The Bertz CT molecular complexity index is 121. The van der Waals surface area contributed by atoms with Crippen LogP contribution in [0.25, 0.3) is 0 Å². The largest absolute Gasteiger partial charge is 0.389 e. The minimum absolute atomic E-state index is 0. The minimum Gasteiger partial charge on any atom is -0.389 e. The van der Waals surface area contributed by atoms with Crippen molar-refractivity contribution in [3.05, 3.63) is 0 Å². The fourth-order valence-electron chi connectivity index (χ4n) is 1.12. The number of hydrogen-bond acceptors (Lipinski definition) is 1. The van der Waals surface area contributed by atoms with Crippen molar-refractivity contribution in [3.63, 3.8) is 0 Å². The van der Waals surface area contributed by atoms with E-state index < -0.39 is 5.60 Å². The van der Waals surface area contributed by atoms with Gasteiger partial charge in [-0.15, -0.1) is 0 Å². The zero-order valence-corrected chi connectivity index (χ0v) is 11.1. The van der Waals surface area contributed by atoms with Gasteiger partial charge in [0.1, 0.15) is 0 Å². The van der Waals surface area contributed by atoms with Crippen LogP contribution in [0, 0.1) is 10.8 Å². The molecule has 12 heavy (non-hydrogen) atoms. The molecule has 1 atom stereocenters. The summed E-state index contributed by atoms with van der Waals surface area (Å²) < 4.78 is 0. The summed E-state index contributed by atoms with van der Waals surface area (Å²) in [6.45, 7) is 14.3. The Kier molecular flexibility index (Phi) is 4.51. The molecule has 0 radical (unpaired) electrons. The minimum atomic E-state index is -0.625. The lowest BCUT2D eigenvalue weighted by atomic mass is 9.64. The Hall–Kier alpha value is 0.390. The molecule has 0 aliphatic rings. The fourth-order valence-corrected chi connectivity index (χ4v) is 1.12. The molecule has 1 N–H and O–H groups in total. The molecule has 0 rings (SSSR count). The van der Waals surface area contributed by atoms with Crippen LogP contribution in [0.2, 0.25) is 0 Å². The molecule has 0 amide bonds. The molecule has 1 nitrogen and oxygen atoms in total.